The summed E-state index contributed by atoms with van der Waals surface area (Å²) in [7, 11) is 0. The fourth-order valence-corrected chi connectivity index (χ4v) is 1.18. The van der Waals surface area contributed by atoms with Crippen molar-refractivity contribution in [3.8, 4) is 0 Å². The maximum atomic E-state index is 10.9. The average Bonchev–Trinajstić information content (AvgIpc) is 1.89. The molecule has 1 nitrogen and oxygen atoms in total. The van der Waals surface area contributed by atoms with E-state index in [1.807, 2.05) is 6.08 Å². The largest absolute Gasteiger partial charge is 0.295 e. The van der Waals surface area contributed by atoms with Gasteiger partial charge in [-0.25, -0.2) is 0 Å². The molecule has 0 bridgehead atoms. The lowest BCUT2D eigenvalue weighted by atomic mass is 9.91. The molecule has 0 heterocycles. The van der Waals surface area contributed by atoms with E-state index in [1.54, 1.807) is 6.08 Å². The molecule has 1 heteroatoms. The summed E-state index contributed by atoms with van der Waals surface area (Å²) in [5.41, 5.74) is 0. The van der Waals surface area contributed by atoms with Crippen molar-refractivity contribution < 1.29 is 4.79 Å². The Morgan fingerprint density at radius 3 is 3.00 bits per heavy atom. The Labute approximate surface area is 55.8 Å². The van der Waals surface area contributed by atoms with E-state index < -0.39 is 0 Å². The van der Waals surface area contributed by atoms with Crippen LogP contribution in [0.2, 0.25) is 0 Å². The monoisotopic (exact) mass is 124 g/mol. The van der Waals surface area contributed by atoms with E-state index in [4.69, 9.17) is 0 Å². The van der Waals surface area contributed by atoms with Gasteiger partial charge in [-0.2, -0.15) is 0 Å². The van der Waals surface area contributed by atoms with Gasteiger partial charge < -0.3 is 0 Å². The highest BCUT2D eigenvalue weighted by molar-refractivity contribution is 5.92. The van der Waals surface area contributed by atoms with Crippen molar-refractivity contribution in [2.45, 2.75) is 26.2 Å². The molecule has 1 rings (SSSR count). The van der Waals surface area contributed by atoms with E-state index in [9.17, 15) is 4.79 Å². The Morgan fingerprint density at radius 2 is 2.56 bits per heavy atom. The summed E-state index contributed by atoms with van der Waals surface area (Å²) >= 11 is 0. The van der Waals surface area contributed by atoms with Crippen LogP contribution in [0.25, 0.3) is 0 Å². The number of hydrogen-bond donors (Lipinski definition) is 0. The molecule has 1 atom stereocenters. The fourth-order valence-electron chi connectivity index (χ4n) is 1.18. The third-order valence-corrected chi connectivity index (χ3v) is 1.86. The summed E-state index contributed by atoms with van der Waals surface area (Å²) < 4.78 is 0. The SMILES string of the molecule is CC[C@@H]1CCC=CC1=O. The van der Waals surface area contributed by atoms with Crippen molar-refractivity contribution >= 4 is 5.78 Å². The van der Waals surface area contributed by atoms with E-state index in [0.717, 1.165) is 19.3 Å². The summed E-state index contributed by atoms with van der Waals surface area (Å²) in [6, 6.07) is 0. The van der Waals surface area contributed by atoms with Crippen LogP contribution in [-0.2, 0) is 4.79 Å². The van der Waals surface area contributed by atoms with Crippen LogP contribution in [0.15, 0.2) is 12.2 Å². The number of rotatable bonds is 1. The van der Waals surface area contributed by atoms with Gasteiger partial charge in [0.1, 0.15) is 0 Å². The summed E-state index contributed by atoms with van der Waals surface area (Å²) in [6.45, 7) is 2.07. The van der Waals surface area contributed by atoms with E-state index in [1.165, 1.54) is 0 Å². The van der Waals surface area contributed by atoms with Crippen molar-refractivity contribution in [1.29, 1.82) is 0 Å². The van der Waals surface area contributed by atoms with E-state index >= 15 is 0 Å². The van der Waals surface area contributed by atoms with Crippen LogP contribution < -0.4 is 0 Å². The fraction of sp³-hybridized carbons (Fsp3) is 0.625. The van der Waals surface area contributed by atoms with Gasteiger partial charge >= 0.3 is 0 Å². The molecule has 0 aliphatic heterocycles. The predicted molar refractivity (Wildman–Crippen MR) is 37.2 cm³/mol. The zero-order valence-corrected chi connectivity index (χ0v) is 5.76. The predicted octanol–water partition coefficient (Wildman–Crippen LogP) is 1.93. The van der Waals surface area contributed by atoms with Crippen LogP contribution in [0.5, 0.6) is 0 Å². The molecule has 0 saturated carbocycles. The van der Waals surface area contributed by atoms with Gasteiger partial charge in [0.25, 0.3) is 0 Å². The summed E-state index contributed by atoms with van der Waals surface area (Å²) in [5.74, 6) is 0.652. The molecule has 50 valence electrons. The highest BCUT2D eigenvalue weighted by Crippen LogP contribution is 2.17. The second-order valence-electron chi connectivity index (χ2n) is 2.49. The maximum Gasteiger partial charge on any atom is 0.158 e. The molecule has 0 unspecified atom stereocenters. The second-order valence-corrected chi connectivity index (χ2v) is 2.49. The minimum absolute atomic E-state index is 0.323. The van der Waals surface area contributed by atoms with E-state index in [0.29, 0.717) is 11.7 Å². The van der Waals surface area contributed by atoms with Crippen LogP contribution in [-0.4, -0.2) is 5.78 Å². The minimum Gasteiger partial charge on any atom is -0.295 e. The van der Waals surface area contributed by atoms with Crippen LogP contribution in [0.4, 0.5) is 0 Å². The van der Waals surface area contributed by atoms with E-state index in [2.05, 4.69) is 6.92 Å². The van der Waals surface area contributed by atoms with Crippen molar-refractivity contribution in [2.24, 2.45) is 5.92 Å². The van der Waals surface area contributed by atoms with Gasteiger partial charge in [-0.1, -0.05) is 13.0 Å². The lowest BCUT2D eigenvalue weighted by Crippen LogP contribution is -2.13. The molecule has 0 N–H and O–H groups in total. The molecule has 0 aromatic heterocycles. The van der Waals surface area contributed by atoms with Crippen LogP contribution >= 0.6 is 0 Å². The molecule has 1 aliphatic carbocycles. The van der Waals surface area contributed by atoms with Crippen LogP contribution in [0, 0.1) is 5.92 Å². The van der Waals surface area contributed by atoms with Crippen LogP contribution in [0.3, 0.4) is 0 Å². The Kier molecular flexibility index (Phi) is 2.04. The molecule has 0 saturated heterocycles. The molecule has 0 aromatic rings. The minimum atomic E-state index is 0.323. The first-order valence-electron chi connectivity index (χ1n) is 3.55. The van der Waals surface area contributed by atoms with Crippen molar-refractivity contribution in [3.05, 3.63) is 12.2 Å². The number of allylic oxidation sites excluding steroid dienone is 2. The maximum absolute atomic E-state index is 10.9. The molecule has 1 aliphatic rings. The van der Waals surface area contributed by atoms with Gasteiger partial charge in [0.05, 0.1) is 0 Å². The van der Waals surface area contributed by atoms with Crippen LogP contribution in [0.1, 0.15) is 26.2 Å². The summed E-state index contributed by atoms with van der Waals surface area (Å²) in [5, 5.41) is 0. The number of hydrogen-bond acceptors (Lipinski definition) is 1. The van der Waals surface area contributed by atoms with Crippen molar-refractivity contribution in [2.75, 3.05) is 0 Å². The topological polar surface area (TPSA) is 17.1 Å². The average molecular weight is 124 g/mol. The quantitative estimate of drug-likeness (QED) is 0.522. The third kappa shape index (κ3) is 1.41. The Bertz CT molecular complexity index is 136. The number of carbonyl (C=O) groups is 1. The first-order valence-corrected chi connectivity index (χ1v) is 3.55. The first kappa shape index (κ1) is 6.53. The van der Waals surface area contributed by atoms with Gasteiger partial charge in [0.2, 0.25) is 0 Å². The Hall–Kier alpha value is -0.590. The molecular formula is C8H12O. The lowest BCUT2D eigenvalue weighted by molar-refractivity contribution is -0.118. The first-order chi connectivity index (χ1) is 4.34. The molecule has 0 fully saturated rings. The highest BCUT2D eigenvalue weighted by atomic mass is 16.1. The number of carbonyl (C=O) groups excluding carboxylic acids is 1. The van der Waals surface area contributed by atoms with Gasteiger partial charge in [0.15, 0.2) is 5.78 Å². The summed E-state index contributed by atoms with van der Waals surface area (Å²) in [4.78, 5) is 10.9. The van der Waals surface area contributed by atoms with Crippen molar-refractivity contribution in [3.63, 3.8) is 0 Å². The molecule has 0 spiro atoms. The molecule has 9 heavy (non-hydrogen) atoms. The highest BCUT2D eigenvalue weighted by Gasteiger charge is 2.15. The zero-order valence-electron chi connectivity index (χ0n) is 5.76. The van der Waals surface area contributed by atoms with Gasteiger partial charge in [-0.15, -0.1) is 0 Å². The normalized spacial score (nSPS) is 26.8. The third-order valence-electron chi connectivity index (χ3n) is 1.86. The van der Waals surface area contributed by atoms with Gasteiger partial charge in [0, 0.05) is 5.92 Å². The second kappa shape index (κ2) is 2.81. The molecule has 0 radical (unpaired) electrons. The Balaban J connectivity index is 2.55. The molecular weight excluding hydrogens is 112 g/mol. The van der Waals surface area contributed by atoms with Gasteiger partial charge in [-0.05, 0) is 25.3 Å². The van der Waals surface area contributed by atoms with Gasteiger partial charge in [-0.3, -0.25) is 4.79 Å². The molecule has 0 amide bonds. The number of ketones is 1. The smallest absolute Gasteiger partial charge is 0.158 e. The Morgan fingerprint density at radius 1 is 1.78 bits per heavy atom. The van der Waals surface area contributed by atoms with Crippen molar-refractivity contribution in [1.82, 2.24) is 0 Å². The zero-order chi connectivity index (χ0) is 6.69. The lowest BCUT2D eigenvalue weighted by Gasteiger charge is -2.12. The summed E-state index contributed by atoms with van der Waals surface area (Å²) in [6.07, 6.45) is 6.84. The standard InChI is InChI=1S/C8H12O/c1-2-7-5-3-4-6-8(7)9/h4,6-7H,2-3,5H2,1H3/t7-/m1/s1. The molecule has 0 aromatic carbocycles. The van der Waals surface area contributed by atoms with E-state index in [-0.39, 0.29) is 0 Å².